The van der Waals surface area contributed by atoms with Crippen LogP contribution in [0.2, 0.25) is 0 Å². The van der Waals surface area contributed by atoms with Gasteiger partial charge in [0.05, 0.1) is 4.88 Å². The summed E-state index contributed by atoms with van der Waals surface area (Å²) in [6.07, 6.45) is 4.65. The van der Waals surface area contributed by atoms with Gasteiger partial charge in [0, 0.05) is 6.54 Å². The summed E-state index contributed by atoms with van der Waals surface area (Å²) < 4.78 is 0. The van der Waals surface area contributed by atoms with Gasteiger partial charge >= 0.3 is 5.97 Å². The number of rotatable bonds is 8. The lowest BCUT2D eigenvalue weighted by atomic mass is 9.87. The number of thiophene rings is 1. The average molecular weight is 297 g/mol. The van der Waals surface area contributed by atoms with Crippen LogP contribution < -0.4 is 5.32 Å². The Morgan fingerprint density at radius 3 is 2.45 bits per heavy atom. The van der Waals surface area contributed by atoms with Gasteiger partial charge in [-0.15, -0.1) is 11.3 Å². The Morgan fingerprint density at radius 1 is 1.25 bits per heavy atom. The van der Waals surface area contributed by atoms with Gasteiger partial charge in [0.1, 0.15) is 4.88 Å². The Balaban J connectivity index is 2.47. The number of carbonyl (C=O) groups is 2. The van der Waals surface area contributed by atoms with Gasteiger partial charge in [0.25, 0.3) is 5.91 Å². The van der Waals surface area contributed by atoms with Crippen molar-refractivity contribution in [1.29, 1.82) is 0 Å². The van der Waals surface area contributed by atoms with Crippen LogP contribution in [0.15, 0.2) is 12.1 Å². The summed E-state index contributed by atoms with van der Waals surface area (Å²) in [5.74, 6) is -1.18. The summed E-state index contributed by atoms with van der Waals surface area (Å²) in [6, 6.07) is 3.03. The molecule has 1 aromatic rings. The van der Waals surface area contributed by atoms with E-state index in [-0.39, 0.29) is 16.2 Å². The molecule has 0 radical (unpaired) electrons. The fourth-order valence-electron chi connectivity index (χ4n) is 1.92. The zero-order valence-corrected chi connectivity index (χ0v) is 13.2. The molecule has 20 heavy (non-hydrogen) atoms. The van der Waals surface area contributed by atoms with E-state index in [2.05, 4.69) is 26.1 Å². The molecule has 112 valence electrons. The molecule has 0 saturated heterocycles. The number of amides is 1. The first kappa shape index (κ1) is 16.7. The predicted octanol–water partition coefficient (Wildman–Crippen LogP) is 3.78. The van der Waals surface area contributed by atoms with E-state index in [0.717, 1.165) is 17.8 Å². The second-order valence-electron chi connectivity index (χ2n) is 5.77. The van der Waals surface area contributed by atoms with Crippen molar-refractivity contribution in [3.05, 3.63) is 21.9 Å². The maximum Gasteiger partial charge on any atom is 0.345 e. The quantitative estimate of drug-likeness (QED) is 0.718. The van der Waals surface area contributed by atoms with Gasteiger partial charge in [-0.1, -0.05) is 40.0 Å². The van der Waals surface area contributed by atoms with E-state index >= 15 is 0 Å². The van der Waals surface area contributed by atoms with E-state index in [4.69, 9.17) is 5.11 Å². The summed E-state index contributed by atoms with van der Waals surface area (Å²) >= 11 is 1.01. The molecule has 0 fully saturated rings. The highest BCUT2D eigenvalue weighted by Gasteiger charge is 2.19. The molecule has 5 heteroatoms. The smallest absolute Gasteiger partial charge is 0.345 e. The molecule has 1 aromatic heterocycles. The fraction of sp³-hybridized carbons (Fsp3) is 0.600. The Kier molecular flexibility index (Phi) is 6.20. The van der Waals surface area contributed by atoms with E-state index in [1.807, 2.05) is 0 Å². The van der Waals surface area contributed by atoms with E-state index in [0.29, 0.717) is 11.4 Å². The summed E-state index contributed by atoms with van der Waals surface area (Å²) in [4.78, 5) is 23.4. The van der Waals surface area contributed by atoms with Crippen molar-refractivity contribution in [2.75, 3.05) is 6.54 Å². The van der Waals surface area contributed by atoms with Crippen LogP contribution in [-0.2, 0) is 0 Å². The number of carboxylic acids is 1. The molecule has 1 heterocycles. The van der Waals surface area contributed by atoms with Crippen molar-refractivity contribution in [1.82, 2.24) is 5.32 Å². The summed E-state index contributed by atoms with van der Waals surface area (Å²) in [5.41, 5.74) is 0.0672. The van der Waals surface area contributed by atoms with Crippen LogP contribution in [0.4, 0.5) is 0 Å². The first-order chi connectivity index (χ1) is 9.35. The second-order valence-corrected chi connectivity index (χ2v) is 6.86. The van der Waals surface area contributed by atoms with Crippen molar-refractivity contribution in [3.63, 3.8) is 0 Å². The zero-order chi connectivity index (χ0) is 15.2. The molecule has 0 aromatic carbocycles. The van der Waals surface area contributed by atoms with Gasteiger partial charge < -0.3 is 10.4 Å². The highest BCUT2D eigenvalue weighted by atomic mass is 32.1. The molecule has 0 bridgehead atoms. The molecule has 0 spiro atoms. The molecule has 0 aliphatic rings. The Labute approximate surface area is 124 Å². The van der Waals surface area contributed by atoms with Crippen molar-refractivity contribution < 1.29 is 14.7 Å². The van der Waals surface area contributed by atoms with Gasteiger partial charge in [-0.2, -0.15) is 0 Å². The van der Waals surface area contributed by atoms with Gasteiger partial charge in [-0.3, -0.25) is 4.79 Å². The Hall–Kier alpha value is -1.36. The molecular weight excluding hydrogens is 274 g/mol. The highest BCUT2D eigenvalue weighted by molar-refractivity contribution is 7.15. The molecule has 0 aliphatic carbocycles. The molecule has 2 N–H and O–H groups in total. The predicted molar refractivity (Wildman–Crippen MR) is 81.5 cm³/mol. The standard InChI is InChI=1S/C15H23NO3S/c1-4-5-6-9-15(2,3)10-16-13(17)11-7-8-12(20-11)14(18)19/h7-8H,4-6,9-10H2,1-3H3,(H,16,17)(H,18,19). The number of carboxylic acid groups (broad SMARTS) is 1. The Bertz CT molecular complexity index is 465. The minimum absolute atomic E-state index is 0.0672. The number of hydrogen-bond donors (Lipinski definition) is 2. The van der Waals surface area contributed by atoms with Gasteiger partial charge in [-0.05, 0) is 24.0 Å². The summed E-state index contributed by atoms with van der Waals surface area (Å²) in [7, 11) is 0. The lowest BCUT2D eigenvalue weighted by molar-refractivity contribution is 0.0702. The SMILES string of the molecule is CCCCCC(C)(C)CNC(=O)c1ccc(C(=O)O)s1. The molecule has 1 amide bonds. The largest absolute Gasteiger partial charge is 0.477 e. The van der Waals surface area contributed by atoms with Crippen LogP contribution in [-0.4, -0.2) is 23.5 Å². The molecular formula is C15H23NO3S. The van der Waals surface area contributed by atoms with Crippen molar-refractivity contribution in [2.45, 2.75) is 46.5 Å². The average Bonchev–Trinajstić information content (AvgIpc) is 2.86. The lowest BCUT2D eigenvalue weighted by Gasteiger charge is -2.24. The number of aromatic carboxylic acids is 1. The molecule has 0 aliphatic heterocycles. The third-order valence-electron chi connectivity index (χ3n) is 3.23. The first-order valence-electron chi connectivity index (χ1n) is 6.97. The monoisotopic (exact) mass is 297 g/mol. The minimum Gasteiger partial charge on any atom is -0.477 e. The van der Waals surface area contributed by atoms with Crippen LogP contribution in [0.1, 0.15) is 65.8 Å². The first-order valence-corrected chi connectivity index (χ1v) is 7.79. The summed E-state index contributed by atoms with van der Waals surface area (Å²) in [6.45, 7) is 7.06. The number of nitrogens with one attached hydrogen (secondary N) is 1. The summed E-state index contributed by atoms with van der Waals surface area (Å²) in [5, 5.41) is 11.7. The van der Waals surface area contributed by atoms with Crippen LogP contribution in [0.5, 0.6) is 0 Å². The molecule has 0 saturated carbocycles. The van der Waals surface area contributed by atoms with Gasteiger partial charge in [-0.25, -0.2) is 4.79 Å². The maximum absolute atomic E-state index is 12.0. The third-order valence-corrected chi connectivity index (χ3v) is 4.30. The molecule has 0 atom stereocenters. The molecule has 4 nitrogen and oxygen atoms in total. The number of unbranched alkanes of at least 4 members (excludes halogenated alkanes) is 2. The van der Waals surface area contributed by atoms with Crippen molar-refractivity contribution in [2.24, 2.45) is 5.41 Å². The molecule has 0 unspecified atom stereocenters. The van der Waals surface area contributed by atoms with E-state index in [9.17, 15) is 9.59 Å². The van der Waals surface area contributed by atoms with E-state index in [1.54, 1.807) is 6.07 Å². The molecule has 1 rings (SSSR count). The normalized spacial score (nSPS) is 11.3. The van der Waals surface area contributed by atoms with Gasteiger partial charge in [0.2, 0.25) is 0 Å². The fourth-order valence-corrected chi connectivity index (χ4v) is 2.68. The second kappa shape index (κ2) is 7.43. The third kappa shape index (κ3) is 5.33. The Morgan fingerprint density at radius 2 is 1.90 bits per heavy atom. The van der Waals surface area contributed by atoms with Gasteiger partial charge in [0.15, 0.2) is 0 Å². The topological polar surface area (TPSA) is 66.4 Å². The highest BCUT2D eigenvalue weighted by Crippen LogP contribution is 2.23. The van der Waals surface area contributed by atoms with Crippen LogP contribution in [0.3, 0.4) is 0 Å². The van der Waals surface area contributed by atoms with Crippen molar-refractivity contribution in [3.8, 4) is 0 Å². The van der Waals surface area contributed by atoms with E-state index in [1.165, 1.54) is 25.3 Å². The van der Waals surface area contributed by atoms with Crippen LogP contribution in [0.25, 0.3) is 0 Å². The van der Waals surface area contributed by atoms with Crippen LogP contribution in [0, 0.1) is 5.41 Å². The maximum atomic E-state index is 12.0. The lowest BCUT2D eigenvalue weighted by Crippen LogP contribution is -2.33. The number of hydrogen-bond acceptors (Lipinski definition) is 3. The number of carbonyl (C=O) groups excluding carboxylic acids is 1. The minimum atomic E-state index is -0.992. The van der Waals surface area contributed by atoms with Crippen LogP contribution >= 0.6 is 11.3 Å². The van der Waals surface area contributed by atoms with E-state index < -0.39 is 5.97 Å². The zero-order valence-electron chi connectivity index (χ0n) is 12.4. The van der Waals surface area contributed by atoms with Crippen molar-refractivity contribution >= 4 is 23.2 Å².